The first kappa shape index (κ1) is 12.8. The van der Waals surface area contributed by atoms with Crippen LogP contribution in [0.4, 0.5) is 5.82 Å². The van der Waals surface area contributed by atoms with Crippen molar-refractivity contribution in [1.29, 1.82) is 0 Å². The van der Waals surface area contributed by atoms with Crippen molar-refractivity contribution in [2.75, 3.05) is 26.0 Å². The van der Waals surface area contributed by atoms with Crippen LogP contribution in [0.15, 0.2) is 12.1 Å². The highest BCUT2D eigenvalue weighted by molar-refractivity contribution is 6.33. The van der Waals surface area contributed by atoms with Gasteiger partial charge in [-0.3, -0.25) is 4.79 Å². The largest absolute Gasteiger partial charge is 0.373 e. The molecule has 0 atom stereocenters. The van der Waals surface area contributed by atoms with Gasteiger partial charge in [-0.15, -0.1) is 0 Å². The molecule has 1 heterocycles. The van der Waals surface area contributed by atoms with Crippen molar-refractivity contribution in [3.63, 3.8) is 0 Å². The van der Waals surface area contributed by atoms with Crippen LogP contribution >= 0.6 is 11.6 Å². The highest BCUT2D eigenvalue weighted by Gasteiger charge is 2.16. The monoisotopic (exact) mass is 241 g/mol. The minimum Gasteiger partial charge on any atom is -0.373 e. The average molecular weight is 242 g/mol. The number of hydrogen-bond donors (Lipinski definition) is 1. The molecule has 0 aliphatic heterocycles. The quantitative estimate of drug-likeness (QED) is 0.880. The molecule has 0 bridgehead atoms. The molecule has 1 rings (SSSR count). The summed E-state index contributed by atoms with van der Waals surface area (Å²) < 4.78 is 0. The van der Waals surface area contributed by atoms with Gasteiger partial charge >= 0.3 is 0 Å². The van der Waals surface area contributed by atoms with Crippen LogP contribution in [0.3, 0.4) is 0 Å². The Hall–Kier alpha value is -1.29. The lowest BCUT2D eigenvalue weighted by Crippen LogP contribution is -2.28. The number of nitrogens with one attached hydrogen (secondary N) is 1. The molecule has 0 radical (unpaired) electrons. The van der Waals surface area contributed by atoms with Crippen LogP contribution in [0.2, 0.25) is 5.02 Å². The SMILES string of the molecule is CCCN(C)C(=O)c1nc(NC)ccc1Cl. The molecule has 1 aromatic heterocycles. The third-order valence-electron chi connectivity index (χ3n) is 2.21. The van der Waals surface area contributed by atoms with Gasteiger partial charge < -0.3 is 10.2 Å². The van der Waals surface area contributed by atoms with E-state index in [1.54, 1.807) is 31.1 Å². The van der Waals surface area contributed by atoms with Gasteiger partial charge in [0.1, 0.15) is 11.5 Å². The van der Waals surface area contributed by atoms with Gasteiger partial charge in [-0.1, -0.05) is 18.5 Å². The predicted octanol–water partition coefficient (Wildman–Crippen LogP) is 2.26. The molecular formula is C11H16ClN3O. The van der Waals surface area contributed by atoms with Gasteiger partial charge in [0, 0.05) is 20.6 Å². The van der Waals surface area contributed by atoms with Gasteiger partial charge in [-0.05, 0) is 18.6 Å². The summed E-state index contributed by atoms with van der Waals surface area (Å²) in [7, 11) is 3.50. The Morgan fingerprint density at radius 2 is 2.25 bits per heavy atom. The molecular weight excluding hydrogens is 226 g/mol. The summed E-state index contributed by atoms with van der Waals surface area (Å²) in [5.74, 6) is 0.488. The highest BCUT2D eigenvalue weighted by Crippen LogP contribution is 2.17. The molecule has 1 aromatic rings. The number of rotatable bonds is 4. The van der Waals surface area contributed by atoms with E-state index in [2.05, 4.69) is 10.3 Å². The number of nitrogens with zero attached hydrogens (tertiary/aromatic N) is 2. The number of hydrogen-bond acceptors (Lipinski definition) is 3. The van der Waals surface area contributed by atoms with E-state index in [4.69, 9.17) is 11.6 Å². The molecule has 1 N–H and O–H groups in total. The fraction of sp³-hybridized carbons (Fsp3) is 0.455. The van der Waals surface area contributed by atoms with Crippen LogP contribution in [-0.2, 0) is 0 Å². The van der Waals surface area contributed by atoms with E-state index >= 15 is 0 Å². The topological polar surface area (TPSA) is 45.2 Å². The van der Waals surface area contributed by atoms with Crippen LogP contribution in [-0.4, -0.2) is 36.4 Å². The van der Waals surface area contributed by atoms with E-state index in [1.807, 2.05) is 6.92 Å². The molecule has 0 aliphatic carbocycles. The molecule has 0 aromatic carbocycles. The Labute approximate surface area is 101 Å². The molecule has 0 fully saturated rings. The van der Waals surface area contributed by atoms with E-state index in [-0.39, 0.29) is 5.91 Å². The van der Waals surface area contributed by atoms with Crippen molar-refractivity contribution in [1.82, 2.24) is 9.88 Å². The van der Waals surface area contributed by atoms with Crippen LogP contribution in [0.25, 0.3) is 0 Å². The first-order valence-corrected chi connectivity index (χ1v) is 5.57. The minimum atomic E-state index is -0.149. The number of halogens is 1. The number of aromatic nitrogens is 1. The Morgan fingerprint density at radius 3 is 2.81 bits per heavy atom. The Bertz CT molecular complexity index is 381. The second-order valence-electron chi connectivity index (χ2n) is 3.50. The van der Waals surface area contributed by atoms with Gasteiger partial charge in [0.25, 0.3) is 5.91 Å². The average Bonchev–Trinajstić information content (AvgIpc) is 2.29. The van der Waals surface area contributed by atoms with Gasteiger partial charge in [0.2, 0.25) is 0 Å². The molecule has 0 unspecified atom stereocenters. The highest BCUT2D eigenvalue weighted by atomic mass is 35.5. The predicted molar refractivity (Wildman–Crippen MR) is 66.0 cm³/mol. The summed E-state index contributed by atoms with van der Waals surface area (Å²) in [6.07, 6.45) is 0.908. The first-order chi connectivity index (χ1) is 7.60. The van der Waals surface area contributed by atoms with Crippen LogP contribution in [0, 0.1) is 0 Å². The molecule has 0 saturated heterocycles. The standard InChI is InChI=1S/C11H16ClN3O/c1-4-7-15(3)11(16)10-8(12)5-6-9(13-2)14-10/h5-6H,4,7H2,1-3H3,(H,13,14). The van der Waals surface area contributed by atoms with E-state index in [9.17, 15) is 4.79 Å². The van der Waals surface area contributed by atoms with Gasteiger partial charge in [0.05, 0.1) is 5.02 Å². The maximum absolute atomic E-state index is 12.0. The minimum absolute atomic E-state index is 0.149. The maximum atomic E-state index is 12.0. The lowest BCUT2D eigenvalue weighted by Gasteiger charge is -2.16. The second-order valence-corrected chi connectivity index (χ2v) is 3.91. The van der Waals surface area contributed by atoms with E-state index < -0.39 is 0 Å². The fourth-order valence-electron chi connectivity index (χ4n) is 1.35. The van der Waals surface area contributed by atoms with E-state index in [1.165, 1.54) is 0 Å². The number of amides is 1. The van der Waals surface area contributed by atoms with Crippen molar-refractivity contribution in [3.8, 4) is 0 Å². The molecule has 0 spiro atoms. The molecule has 0 aliphatic rings. The molecule has 0 saturated carbocycles. The number of carbonyl (C=O) groups excluding carboxylic acids is 1. The van der Waals surface area contributed by atoms with Gasteiger partial charge in [0.15, 0.2) is 0 Å². The summed E-state index contributed by atoms with van der Waals surface area (Å²) >= 11 is 5.95. The summed E-state index contributed by atoms with van der Waals surface area (Å²) in [4.78, 5) is 17.8. The number of pyridine rings is 1. The third-order valence-corrected chi connectivity index (χ3v) is 2.52. The molecule has 88 valence electrons. The summed E-state index contributed by atoms with van der Waals surface area (Å²) in [5.41, 5.74) is 0.296. The van der Waals surface area contributed by atoms with Crippen LogP contribution < -0.4 is 5.32 Å². The van der Waals surface area contributed by atoms with Crippen molar-refractivity contribution in [2.24, 2.45) is 0 Å². The molecule has 4 nitrogen and oxygen atoms in total. The van der Waals surface area contributed by atoms with Crippen molar-refractivity contribution >= 4 is 23.3 Å². The van der Waals surface area contributed by atoms with E-state index in [0.29, 0.717) is 23.1 Å². The Morgan fingerprint density at radius 1 is 1.56 bits per heavy atom. The normalized spacial score (nSPS) is 10.0. The lowest BCUT2D eigenvalue weighted by molar-refractivity contribution is 0.0789. The summed E-state index contributed by atoms with van der Waals surface area (Å²) in [5, 5.41) is 3.26. The summed E-state index contributed by atoms with van der Waals surface area (Å²) in [6, 6.07) is 3.41. The molecule has 1 amide bonds. The zero-order valence-corrected chi connectivity index (χ0v) is 10.5. The van der Waals surface area contributed by atoms with Gasteiger partial charge in [-0.2, -0.15) is 0 Å². The zero-order valence-electron chi connectivity index (χ0n) is 9.75. The Balaban J connectivity index is 2.97. The fourth-order valence-corrected chi connectivity index (χ4v) is 1.54. The smallest absolute Gasteiger partial charge is 0.273 e. The molecule has 16 heavy (non-hydrogen) atoms. The lowest BCUT2D eigenvalue weighted by atomic mass is 10.3. The van der Waals surface area contributed by atoms with Crippen LogP contribution in [0.5, 0.6) is 0 Å². The van der Waals surface area contributed by atoms with E-state index in [0.717, 1.165) is 6.42 Å². The number of anilines is 1. The summed E-state index contributed by atoms with van der Waals surface area (Å²) in [6.45, 7) is 2.71. The van der Waals surface area contributed by atoms with Crippen LogP contribution in [0.1, 0.15) is 23.8 Å². The Kier molecular flexibility index (Phi) is 4.55. The third kappa shape index (κ3) is 2.85. The second kappa shape index (κ2) is 5.70. The van der Waals surface area contributed by atoms with Crippen molar-refractivity contribution in [3.05, 3.63) is 22.8 Å². The maximum Gasteiger partial charge on any atom is 0.273 e. The van der Waals surface area contributed by atoms with Gasteiger partial charge in [-0.25, -0.2) is 4.98 Å². The molecule has 5 heteroatoms. The first-order valence-electron chi connectivity index (χ1n) is 5.20. The zero-order chi connectivity index (χ0) is 12.1. The van der Waals surface area contributed by atoms with Crippen molar-refractivity contribution in [2.45, 2.75) is 13.3 Å². The number of carbonyl (C=O) groups is 1. The van der Waals surface area contributed by atoms with Crippen molar-refractivity contribution < 1.29 is 4.79 Å².